The molecule has 2 aromatic rings. The van der Waals surface area contributed by atoms with Crippen LogP contribution in [0.5, 0.6) is 0 Å². The topological polar surface area (TPSA) is 9.23 Å². The van der Waals surface area contributed by atoms with Crippen LogP contribution in [0.15, 0.2) is 55.1 Å². The van der Waals surface area contributed by atoms with Gasteiger partial charge in [-0.05, 0) is 60.3 Å². The molecule has 0 heterocycles. The summed E-state index contributed by atoms with van der Waals surface area (Å²) in [4.78, 5) is 0. The highest BCUT2D eigenvalue weighted by molar-refractivity contribution is 5.68. The van der Waals surface area contributed by atoms with Gasteiger partial charge in [0.15, 0.2) is 0 Å². The normalized spacial score (nSPS) is 19.8. The van der Waals surface area contributed by atoms with Crippen LogP contribution in [-0.4, -0.2) is 6.61 Å². The molecule has 1 aliphatic carbocycles. The molecule has 2 heteroatoms. The maximum absolute atomic E-state index is 14.6. The Morgan fingerprint density at radius 3 is 2.59 bits per heavy atom. The van der Waals surface area contributed by atoms with E-state index in [0.29, 0.717) is 18.1 Å². The van der Waals surface area contributed by atoms with Crippen LogP contribution in [0.1, 0.15) is 62.5 Å². The van der Waals surface area contributed by atoms with E-state index in [1.54, 1.807) is 12.1 Å². The Kier molecular flexibility index (Phi) is 7.23. The summed E-state index contributed by atoms with van der Waals surface area (Å²) in [6.45, 7) is 6.61. The molecule has 2 aromatic carbocycles. The highest BCUT2D eigenvalue weighted by Crippen LogP contribution is 2.41. The van der Waals surface area contributed by atoms with E-state index in [4.69, 9.17) is 4.74 Å². The largest absolute Gasteiger partial charge is 0.373 e. The van der Waals surface area contributed by atoms with Gasteiger partial charge in [-0.2, -0.15) is 0 Å². The van der Waals surface area contributed by atoms with Gasteiger partial charge in [0, 0.05) is 5.56 Å². The molecule has 0 bridgehead atoms. The van der Waals surface area contributed by atoms with Crippen molar-refractivity contribution in [1.82, 2.24) is 0 Å². The molecule has 0 radical (unpaired) electrons. The van der Waals surface area contributed by atoms with Gasteiger partial charge in [0.1, 0.15) is 5.82 Å². The fraction of sp³-hybridized carbons (Fsp3) is 0.440. The van der Waals surface area contributed by atoms with Crippen LogP contribution in [0.4, 0.5) is 4.39 Å². The fourth-order valence-electron chi connectivity index (χ4n) is 4.37. The van der Waals surface area contributed by atoms with Crippen LogP contribution in [0, 0.1) is 11.7 Å². The van der Waals surface area contributed by atoms with E-state index in [0.717, 1.165) is 11.5 Å². The molecule has 0 unspecified atom stereocenters. The Hall–Kier alpha value is -1.93. The summed E-state index contributed by atoms with van der Waals surface area (Å²) in [5.74, 6) is 1.29. The van der Waals surface area contributed by atoms with Gasteiger partial charge in [0.05, 0.1) is 13.2 Å². The van der Waals surface area contributed by atoms with E-state index in [1.165, 1.54) is 49.7 Å². The SMILES string of the molecule is C=CCOCc1ccc(-c2ccccc2C2CCC(CCC)CC2)cc1F. The van der Waals surface area contributed by atoms with Crippen LogP contribution >= 0.6 is 0 Å². The van der Waals surface area contributed by atoms with Crippen LogP contribution in [0.3, 0.4) is 0 Å². The minimum absolute atomic E-state index is 0.196. The lowest BCUT2D eigenvalue weighted by Gasteiger charge is -2.30. The van der Waals surface area contributed by atoms with Crippen molar-refractivity contribution < 1.29 is 9.13 Å². The van der Waals surface area contributed by atoms with E-state index < -0.39 is 0 Å². The monoisotopic (exact) mass is 366 g/mol. The lowest BCUT2D eigenvalue weighted by atomic mass is 9.75. The molecule has 1 nitrogen and oxygen atoms in total. The summed E-state index contributed by atoms with van der Waals surface area (Å²) in [7, 11) is 0. The quantitative estimate of drug-likeness (QED) is 0.352. The van der Waals surface area contributed by atoms with Crippen molar-refractivity contribution in [3.05, 3.63) is 72.1 Å². The molecule has 0 amide bonds. The molecule has 0 spiro atoms. The van der Waals surface area contributed by atoms with Crippen LogP contribution in [-0.2, 0) is 11.3 Å². The van der Waals surface area contributed by atoms with Gasteiger partial charge in [-0.1, -0.05) is 62.2 Å². The molecule has 27 heavy (non-hydrogen) atoms. The first-order valence-electron chi connectivity index (χ1n) is 10.3. The van der Waals surface area contributed by atoms with Gasteiger partial charge in [-0.3, -0.25) is 0 Å². The minimum Gasteiger partial charge on any atom is -0.373 e. The molecule has 0 N–H and O–H groups in total. The third kappa shape index (κ3) is 5.07. The Labute approximate surface area is 163 Å². The van der Waals surface area contributed by atoms with Crippen molar-refractivity contribution in [3.8, 4) is 11.1 Å². The minimum atomic E-state index is -0.196. The van der Waals surface area contributed by atoms with E-state index in [-0.39, 0.29) is 12.4 Å². The first-order valence-corrected chi connectivity index (χ1v) is 10.3. The number of rotatable bonds is 8. The first kappa shape index (κ1) is 19.8. The summed E-state index contributed by atoms with van der Waals surface area (Å²) in [5, 5.41) is 0. The number of hydrogen-bond donors (Lipinski definition) is 0. The van der Waals surface area contributed by atoms with Crippen molar-refractivity contribution in [2.45, 2.75) is 58.0 Å². The van der Waals surface area contributed by atoms with Gasteiger partial charge in [-0.25, -0.2) is 4.39 Å². The van der Waals surface area contributed by atoms with Crippen molar-refractivity contribution in [2.75, 3.05) is 6.61 Å². The van der Waals surface area contributed by atoms with E-state index in [1.807, 2.05) is 12.1 Å². The lowest BCUT2D eigenvalue weighted by molar-refractivity contribution is 0.146. The summed E-state index contributed by atoms with van der Waals surface area (Å²) in [6, 6.07) is 14.1. The Morgan fingerprint density at radius 2 is 1.89 bits per heavy atom. The standard InChI is InChI=1S/C25H31FO/c1-3-7-19-10-12-20(13-11-19)23-8-5-6-9-24(23)21-14-15-22(25(26)17-21)18-27-16-4-2/h4-6,8-9,14-15,17,19-20H,2-3,7,10-13,16,18H2,1H3. The summed E-state index contributed by atoms with van der Waals surface area (Å²) in [5.41, 5.74) is 4.11. The van der Waals surface area contributed by atoms with E-state index >= 15 is 0 Å². The first-order chi connectivity index (χ1) is 13.2. The third-order valence-corrected chi connectivity index (χ3v) is 5.80. The number of ether oxygens (including phenoxy) is 1. The second-order valence-electron chi connectivity index (χ2n) is 7.70. The molecule has 1 aliphatic rings. The van der Waals surface area contributed by atoms with E-state index in [9.17, 15) is 4.39 Å². The summed E-state index contributed by atoms with van der Waals surface area (Å²) in [6.07, 6.45) is 9.46. The van der Waals surface area contributed by atoms with Gasteiger partial charge < -0.3 is 4.74 Å². The third-order valence-electron chi connectivity index (χ3n) is 5.80. The van der Waals surface area contributed by atoms with Crippen molar-refractivity contribution in [1.29, 1.82) is 0 Å². The Morgan fingerprint density at radius 1 is 1.11 bits per heavy atom. The molecule has 0 atom stereocenters. The lowest BCUT2D eigenvalue weighted by Crippen LogP contribution is -2.13. The predicted molar refractivity (Wildman–Crippen MR) is 111 cm³/mol. The maximum atomic E-state index is 14.6. The van der Waals surface area contributed by atoms with E-state index in [2.05, 4.69) is 37.8 Å². The molecule has 1 fully saturated rings. The molecular weight excluding hydrogens is 335 g/mol. The maximum Gasteiger partial charge on any atom is 0.129 e. The van der Waals surface area contributed by atoms with Crippen LogP contribution in [0.2, 0.25) is 0 Å². The zero-order valence-electron chi connectivity index (χ0n) is 16.4. The van der Waals surface area contributed by atoms with Gasteiger partial charge in [0.25, 0.3) is 0 Å². The van der Waals surface area contributed by atoms with Crippen LogP contribution < -0.4 is 0 Å². The molecular formula is C25H31FO. The summed E-state index contributed by atoms with van der Waals surface area (Å²) < 4.78 is 20.0. The van der Waals surface area contributed by atoms with Gasteiger partial charge >= 0.3 is 0 Å². The van der Waals surface area contributed by atoms with Crippen molar-refractivity contribution >= 4 is 0 Å². The number of halogens is 1. The van der Waals surface area contributed by atoms with Crippen LogP contribution in [0.25, 0.3) is 11.1 Å². The molecule has 0 saturated heterocycles. The number of benzene rings is 2. The van der Waals surface area contributed by atoms with Crippen molar-refractivity contribution in [3.63, 3.8) is 0 Å². The average molecular weight is 367 g/mol. The second-order valence-corrected chi connectivity index (χ2v) is 7.70. The smallest absolute Gasteiger partial charge is 0.129 e. The Balaban J connectivity index is 1.78. The molecule has 0 aromatic heterocycles. The highest BCUT2D eigenvalue weighted by Gasteiger charge is 2.23. The van der Waals surface area contributed by atoms with Gasteiger partial charge in [0.2, 0.25) is 0 Å². The summed E-state index contributed by atoms with van der Waals surface area (Å²) >= 11 is 0. The zero-order chi connectivity index (χ0) is 19.1. The molecule has 1 saturated carbocycles. The Bertz CT molecular complexity index is 744. The number of hydrogen-bond acceptors (Lipinski definition) is 1. The molecule has 144 valence electrons. The second kappa shape index (κ2) is 9.85. The van der Waals surface area contributed by atoms with Crippen molar-refractivity contribution in [2.24, 2.45) is 5.92 Å². The fourth-order valence-corrected chi connectivity index (χ4v) is 4.37. The zero-order valence-corrected chi connectivity index (χ0v) is 16.4. The molecule has 0 aliphatic heterocycles. The molecule has 3 rings (SSSR count). The highest BCUT2D eigenvalue weighted by atomic mass is 19.1. The predicted octanol–water partition coefficient (Wildman–Crippen LogP) is 7.27. The van der Waals surface area contributed by atoms with Gasteiger partial charge in [-0.15, -0.1) is 6.58 Å². The average Bonchev–Trinajstić information content (AvgIpc) is 2.70.